The number of thioether (sulfide) groups is 1. The van der Waals surface area contributed by atoms with Crippen LogP contribution in [0.2, 0.25) is 5.02 Å². The number of nitro benzene ring substituents is 1. The van der Waals surface area contributed by atoms with Gasteiger partial charge in [-0.2, -0.15) is 11.8 Å². The molecule has 0 heterocycles. The summed E-state index contributed by atoms with van der Waals surface area (Å²) in [6.45, 7) is 6.71. The fraction of sp³-hybridized carbons (Fsp3) is 0.385. The summed E-state index contributed by atoms with van der Waals surface area (Å²) in [7, 11) is 0. The van der Waals surface area contributed by atoms with Gasteiger partial charge in [-0.25, -0.2) is 18.4 Å². The first-order valence-electron chi connectivity index (χ1n) is 17.7. The molecule has 0 saturated heterocycles. The number of hydrogen-bond donors (Lipinski definition) is 4. The Morgan fingerprint density at radius 3 is 1.78 bits per heavy atom. The Labute approximate surface area is 343 Å². The predicted molar refractivity (Wildman–Crippen MR) is 213 cm³/mol. The smallest absolute Gasteiger partial charge is 0.328 e. The zero-order valence-electron chi connectivity index (χ0n) is 32.6. The topological polar surface area (TPSA) is 220 Å². The van der Waals surface area contributed by atoms with Crippen molar-refractivity contribution < 1.29 is 57.1 Å². The third-order valence-electron chi connectivity index (χ3n) is 7.31. The molecule has 4 N–H and O–H groups in total. The second-order valence-corrected chi connectivity index (χ2v) is 13.6. The summed E-state index contributed by atoms with van der Waals surface area (Å²) < 4.78 is 35.5. The average Bonchev–Trinajstić information content (AvgIpc) is 3.13. The third kappa shape index (κ3) is 21.1. The van der Waals surface area contributed by atoms with Crippen LogP contribution in [0.3, 0.4) is 0 Å². The molecule has 0 bridgehead atoms. The number of carboxylic acid groups (broad SMARTS) is 1. The van der Waals surface area contributed by atoms with Crippen LogP contribution in [0, 0.1) is 21.7 Å². The number of halogens is 3. The maximum absolute atomic E-state index is 12.9. The standard InChI is InChI=1S/C15H20N2O5S.C13H15F2NO3.C11H12ClNO3/c1-3-22-15(19)13(7-8-23-2)16-14(18)10-11-5-4-6-12(9-11)17(20)21;1-3-19-13(18)8(2)16-12(17)6-9-4-10(14)7-11(15)5-9;1-7(11(15)16)13-10(14)6-8-3-2-4-9(12)5-8/h4-6,9,13H,3,7-8,10H2,1-2H3,(H,16,18);4-5,7-8H,3,6H2,1-2H3,(H,16,17);2-5,7H,6H2,1H3,(H,13,14)(H,15,16)/t13-;8-;7-/m000/s1. The second kappa shape index (κ2) is 27.1. The van der Waals surface area contributed by atoms with Crippen molar-refractivity contribution >= 4 is 64.7 Å². The summed E-state index contributed by atoms with van der Waals surface area (Å²) >= 11 is 7.33. The van der Waals surface area contributed by atoms with Gasteiger partial charge in [0, 0.05) is 23.2 Å². The molecule has 0 radical (unpaired) electrons. The van der Waals surface area contributed by atoms with Crippen LogP contribution < -0.4 is 16.0 Å². The maximum atomic E-state index is 12.9. The lowest BCUT2D eigenvalue weighted by Gasteiger charge is -2.16. The first-order valence-corrected chi connectivity index (χ1v) is 19.5. The minimum Gasteiger partial charge on any atom is -0.480 e. The summed E-state index contributed by atoms with van der Waals surface area (Å²) in [6.07, 6.45) is 2.27. The highest BCUT2D eigenvalue weighted by Gasteiger charge is 2.22. The second-order valence-electron chi connectivity index (χ2n) is 12.2. The molecule has 0 aromatic heterocycles. The number of nitrogens with one attached hydrogen (secondary N) is 3. The molecule has 0 unspecified atom stereocenters. The number of esters is 2. The Bertz CT molecular complexity index is 1850. The maximum Gasteiger partial charge on any atom is 0.328 e. The minimum absolute atomic E-state index is 0.0309. The van der Waals surface area contributed by atoms with Gasteiger partial charge in [0.05, 0.1) is 37.4 Å². The van der Waals surface area contributed by atoms with E-state index in [2.05, 4.69) is 16.0 Å². The van der Waals surface area contributed by atoms with E-state index in [1.807, 2.05) is 6.26 Å². The van der Waals surface area contributed by atoms with E-state index in [9.17, 15) is 47.7 Å². The highest BCUT2D eigenvalue weighted by Crippen LogP contribution is 2.14. The van der Waals surface area contributed by atoms with Crippen molar-refractivity contribution in [2.75, 3.05) is 25.2 Å². The lowest BCUT2D eigenvalue weighted by molar-refractivity contribution is -0.384. The average molecular weight is 853 g/mol. The van der Waals surface area contributed by atoms with Crippen molar-refractivity contribution in [2.24, 2.45) is 0 Å². The molecule has 3 aromatic rings. The number of nitrogens with zero attached hydrogens (tertiary/aromatic N) is 1. The molecule has 58 heavy (non-hydrogen) atoms. The van der Waals surface area contributed by atoms with Gasteiger partial charge < -0.3 is 30.5 Å². The van der Waals surface area contributed by atoms with Crippen LogP contribution in [-0.2, 0) is 57.5 Å². The van der Waals surface area contributed by atoms with Gasteiger partial charge >= 0.3 is 17.9 Å². The number of carbonyl (C=O) groups excluding carboxylic acids is 5. The summed E-state index contributed by atoms with van der Waals surface area (Å²) in [5.41, 5.74) is 1.40. The van der Waals surface area contributed by atoms with Gasteiger partial charge in [-0.15, -0.1) is 0 Å². The lowest BCUT2D eigenvalue weighted by Crippen LogP contribution is -2.43. The molecule has 316 valence electrons. The molecule has 3 rings (SSSR count). The van der Waals surface area contributed by atoms with Crippen molar-refractivity contribution in [1.29, 1.82) is 0 Å². The molecular formula is C39H47ClF2N4O11S. The number of hydrogen-bond acceptors (Lipinski definition) is 11. The van der Waals surface area contributed by atoms with Gasteiger partial charge in [0.15, 0.2) is 0 Å². The summed E-state index contributed by atoms with van der Waals surface area (Å²) in [5.74, 6) is -4.08. The number of aliphatic carboxylic acids is 1. The monoisotopic (exact) mass is 852 g/mol. The Morgan fingerprint density at radius 1 is 0.759 bits per heavy atom. The van der Waals surface area contributed by atoms with Crippen LogP contribution >= 0.6 is 23.4 Å². The van der Waals surface area contributed by atoms with Gasteiger partial charge in [0.2, 0.25) is 17.7 Å². The van der Waals surface area contributed by atoms with E-state index in [1.165, 1.54) is 32.0 Å². The number of carboxylic acids is 1. The number of nitro groups is 1. The van der Waals surface area contributed by atoms with Gasteiger partial charge in [-0.3, -0.25) is 29.3 Å². The first kappa shape index (κ1) is 50.4. The Morgan fingerprint density at radius 2 is 1.26 bits per heavy atom. The molecule has 3 aromatic carbocycles. The fourth-order valence-electron chi connectivity index (χ4n) is 4.64. The van der Waals surface area contributed by atoms with Crippen LogP contribution in [0.15, 0.2) is 66.7 Å². The molecule has 0 aliphatic carbocycles. The molecule has 0 aliphatic rings. The normalized spacial score (nSPS) is 11.7. The number of rotatable bonds is 18. The number of amides is 3. The van der Waals surface area contributed by atoms with E-state index in [4.69, 9.17) is 26.2 Å². The van der Waals surface area contributed by atoms with Gasteiger partial charge in [-0.1, -0.05) is 35.9 Å². The molecule has 0 spiro atoms. The highest BCUT2D eigenvalue weighted by molar-refractivity contribution is 7.98. The Kier molecular flexibility index (Phi) is 23.5. The first-order chi connectivity index (χ1) is 27.4. The van der Waals surface area contributed by atoms with Crippen molar-refractivity contribution in [3.05, 3.63) is 110 Å². The van der Waals surface area contributed by atoms with Crippen LogP contribution in [0.4, 0.5) is 14.5 Å². The van der Waals surface area contributed by atoms with Gasteiger partial charge in [0.1, 0.15) is 29.8 Å². The summed E-state index contributed by atoms with van der Waals surface area (Å²) in [6, 6.07) is 13.2. The third-order valence-corrected chi connectivity index (χ3v) is 8.19. The van der Waals surface area contributed by atoms with E-state index < -0.39 is 58.5 Å². The Balaban J connectivity index is 0.000000442. The molecule has 0 saturated carbocycles. The summed E-state index contributed by atoms with van der Waals surface area (Å²) in [5, 5.41) is 27.3. The fourth-order valence-corrected chi connectivity index (χ4v) is 5.33. The quantitative estimate of drug-likeness (QED) is 0.0756. The largest absolute Gasteiger partial charge is 0.480 e. The predicted octanol–water partition coefficient (Wildman–Crippen LogP) is 4.99. The molecular weight excluding hydrogens is 806 g/mol. The highest BCUT2D eigenvalue weighted by atomic mass is 35.5. The molecule has 19 heteroatoms. The van der Waals surface area contributed by atoms with Gasteiger partial charge in [-0.05, 0) is 87.1 Å². The van der Waals surface area contributed by atoms with Gasteiger partial charge in [0.25, 0.3) is 5.69 Å². The van der Waals surface area contributed by atoms with E-state index in [1.54, 1.807) is 55.9 Å². The van der Waals surface area contributed by atoms with E-state index in [-0.39, 0.29) is 55.5 Å². The molecule has 3 atom stereocenters. The Hall–Kier alpha value is -5.62. The zero-order chi connectivity index (χ0) is 43.8. The van der Waals surface area contributed by atoms with Crippen molar-refractivity contribution in [3.63, 3.8) is 0 Å². The number of carbonyl (C=O) groups is 6. The van der Waals surface area contributed by atoms with Crippen molar-refractivity contribution in [3.8, 4) is 0 Å². The minimum atomic E-state index is -1.06. The van der Waals surface area contributed by atoms with Crippen molar-refractivity contribution in [1.82, 2.24) is 16.0 Å². The summed E-state index contributed by atoms with van der Waals surface area (Å²) in [4.78, 5) is 78.9. The lowest BCUT2D eigenvalue weighted by atomic mass is 10.1. The zero-order valence-corrected chi connectivity index (χ0v) is 34.1. The van der Waals surface area contributed by atoms with Crippen LogP contribution in [0.5, 0.6) is 0 Å². The number of ether oxygens (including phenoxy) is 2. The van der Waals surface area contributed by atoms with E-state index in [0.717, 1.165) is 23.8 Å². The van der Waals surface area contributed by atoms with Crippen LogP contribution in [0.25, 0.3) is 0 Å². The van der Waals surface area contributed by atoms with E-state index in [0.29, 0.717) is 22.8 Å². The molecule has 0 aliphatic heterocycles. The van der Waals surface area contributed by atoms with Crippen LogP contribution in [0.1, 0.15) is 50.8 Å². The van der Waals surface area contributed by atoms with E-state index >= 15 is 0 Å². The van der Waals surface area contributed by atoms with Crippen molar-refractivity contribution in [2.45, 2.75) is 71.5 Å². The molecule has 15 nitrogen and oxygen atoms in total. The molecule has 3 amide bonds. The molecule has 0 fully saturated rings. The number of non-ortho nitro benzene ring substituents is 1. The SMILES string of the molecule is CCOC(=O)[C@H](C)NC(=O)Cc1cc(F)cc(F)c1.CCOC(=O)[C@H](CCSC)NC(=O)Cc1cccc([N+](=O)[O-])c1.C[C@H](NC(=O)Cc1cccc(Cl)c1)C(=O)O. The number of benzene rings is 3. The van der Waals surface area contributed by atoms with Crippen LogP contribution in [-0.4, -0.2) is 89.0 Å².